The molecule has 4 nitrogen and oxygen atoms in total. The SMILES string of the molecule is NCC(=O)NCC#Cc1cccc2ncccc12. The molecule has 0 radical (unpaired) electrons. The predicted octanol–water partition coefficient (Wildman–Crippen LogP) is 0.661. The third-order valence-electron chi connectivity index (χ3n) is 2.43. The number of benzene rings is 1. The number of pyridine rings is 1. The van der Waals surface area contributed by atoms with Gasteiger partial charge >= 0.3 is 0 Å². The zero-order valence-electron chi connectivity index (χ0n) is 9.81. The van der Waals surface area contributed by atoms with Crippen LogP contribution in [0.25, 0.3) is 10.9 Å². The molecule has 1 amide bonds. The number of hydrogen-bond acceptors (Lipinski definition) is 3. The van der Waals surface area contributed by atoms with E-state index in [1.165, 1.54) is 0 Å². The Labute approximate surface area is 105 Å². The molecule has 0 saturated carbocycles. The molecule has 3 N–H and O–H groups in total. The molecule has 0 unspecified atom stereocenters. The average molecular weight is 239 g/mol. The second-order valence-corrected chi connectivity index (χ2v) is 3.66. The minimum absolute atomic E-state index is 0.0140. The molecule has 0 spiro atoms. The lowest BCUT2D eigenvalue weighted by Crippen LogP contribution is -2.30. The van der Waals surface area contributed by atoms with Gasteiger partial charge in [0.1, 0.15) is 0 Å². The lowest BCUT2D eigenvalue weighted by atomic mass is 10.1. The van der Waals surface area contributed by atoms with Crippen molar-refractivity contribution in [1.29, 1.82) is 0 Å². The first kappa shape index (κ1) is 12.1. The van der Waals surface area contributed by atoms with E-state index in [-0.39, 0.29) is 12.5 Å². The number of carbonyl (C=O) groups is 1. The molecule has 0 aliphatic heterocycles. The van der Waals surface area contributed by atoms with Crippen LogP contribution in [0.5, 0.6) is 0 Å². The van der Waals surface area contributed by atoms with Crippen molar-refractivity contribution in [2.45, 2.75) is 0 Å². The van der Waals surface area contributed by atoms with Gasteiger partial charge in [-0.3, -0.25) is 9.78 Å². The monoisotopic (exact) mass is 239 g/mol. The van der Waals surface area contributed by atoms with E-state index in [9.17, 15) is 4.79 Å². The van der Waals surface area contributed by atoms with Crippen molar-refractivity contribution >= 4 is 16.8 Å². The summed E-state index contributed by atoms with van der Waals surface area (Å²) in [4.78, 5) is 15.2. The average Bonchev–Trinajstić information content (AvgIpc) is 2.43. The quantitative estimate of drug-likeness (QED) is 0.756. The minimum atomic E-state index is -0.205. The maximum absolute atomic E-state index is 10.9. The van der Waals surface area contributed by atoms with Gasteiger partial charge in [0.15, 0.2) is 0 Å². The van der Waals surface area contributed by atoms with Gasteiger partial charge in [-0.05, 0) is 18.2 Å². The standard InChI is InChI=1S/C14H13N3O/c15-10-14(18)17-9-2-5-11-4-1-7-13-12(11)6-3-8-16-13/h1,3-4,6-8H,9-10,15H2,(H,17,18). The van der Waals surface area contributed by atoms with Crippen LogP contribution in [0.2, 0.25) is 0 Å². The summed E-state index contributed by atoms with van der Waals surface area (Å²) in [5.74, 6) is 5.71. The second-order valence-electron chi connectivity index (χ2n) is 3.66. The minimum Gasteiger partial charge on any atom is -0.344 e. The van der Waals surface area contributed by atoms with Crippen molar-refractivity contribution in [2.75, 3.05) is 13.1 Å². The lowest BCUT2D eigenvalue weighted by Gasteiger charge is -1.99. The Hall–Kier alpha value is -2.38. The normalized spacial score (nSPS) is 9.61. The Balaban J connectivity index is 2.17. The van der Waals surface area contributed by atoms with E-state index in [2.05, 4.69) is 22.1 Å². The molecule has 18 heavy (non-hydrogen) atoms. The topological polar surface area (TPSA) is 68.0 Å². The Morgan fingerprint density at radius 2 is 2.22 bits per heavy atom. The smallest absolute Gasteiger partial charge is 0.234 e. The van der Waals surface area contributed by atoms with Gasteiger partial charge in [0.25, 0.3) is 0 Å². The van der Waals surface area contributed by atoms with Crippen molar-refractivity contribution < 1.29 is 4.79 Å². The molecular weight excluding hydrogens is 226 g/mol. The first-order chi connectivity index (χ1) is 8.81. The first-order valence-electron chi connectivity index (χ1n) is 5.60. The van der Waals surface area contributed by atoms with E-state index in [1.54, 1.807) is 6.20 Å². The van der Waals surface area contributed by atoms with Crippen LogP contribution in [0.3, 0.4) is 0 Å². The Bertz CT molecular complexity index is 620. The van der Waals surface area contributed by atoms with Gasteiger partial charge in [0.2, 0.25) is 5.91 Å². The van der Waals surface area contributed by atoms with E-state index >= 15 is 0 Å². The number of rotatable bonds is 2. The molecule has 2 aromatic rings. The summed E-state index contributed by atoms with van der Waals surface area (Å²) in [5, 5.41) is 3.61. The fourth-order valence-electron chi connectivity index (χ4n) is 1.57. The number of amides is 1. The highest BCUT2D eigenvalue weighted by Crippen LogP contribution is 2.14. The molecule has 4 heteroatoms. The fourth-order valence-corrected chi connectivity index (χ4v) is 1.57. The molecule has 0 saturated heterocycles. The van der Waals surface area contributed by atoms with Crippen LogP contribution < -0.4 is 11.1 Å². The second kappa shape index (κ2) is 5.80. The highest BCUT2D eigenvalue weighted by Gasteiger charge is 1.97. The summed E-state index contributed by atoms with van der Waals surface area (Å²) in [6, 6.07) is 9.64. The predicted molar refractivity (Wildman–Crippen MR) is 70.7 cm³/mol. The summed E-state index contributed by atoms with van der Waals surface area (Å²) < 4.78 is 0. The summed E-state index contributed by atoms with van der Waals surface area (Å²) in [6.07, 6.45) is 1.75. The Kier molecular flexibility index (Phi) is 3.90. The van der Waals surface area contributed by atoms with Crippen molar-refractivity contribution in [1.82, 2.24) is 10.3 Å². The molecule has 0 fully saturated rings. The lowest BCUT2D eigenvalue weighted by molar-refractivity contribution is -0.119. The fraction of sp³-hybridized carbons (Fsp3) is 0.143. The zero-order chi connectivity index (χ0) is 12.8. The van der Waals surface area contributed by atoms with Gasteiger partial charge < -0.3 is 11.1 Å². The number of carbonyl (C=O) groups excluding carboxylic acids is 1. The number of hydrogen-bond donors (Lipinski definition) is 2. The van der Waals surface area contributed by atoms with Crippen LogP contribution in [-0.4, -0.2) is 24.0 Å². The highest BCUT2D eigenvalue weighted by atomic mass is 16.1. The van der Waals surface area contributed by atoms with Gasteiger partial charge in [-0.15, -0.1) is 0 Å². The van der Waals surface area contributed by atoms with Crippen molar-refractivity contribution in [3.63, 3.8) is 0 Å². The van der Waals surface area contributed by atoms with Gasteiger partial charge in [-0.25, -0.2) is 0 Å². The van der Waals surface area contributed by atoms with E-state index in [0.29, 0.717) is 6.54 Å². The van der Waals surface area contributed by atoms with Crippen LogP contribution in [0.1, 0.15) is 5.56 Å². The molecule has 0 bridgehead atoms. The number of nitrogens with one attached hydrogen (secondary N) is 1. The first-order valence-corrected chi connectivity index (χ1v) is 5.60. The molecule has 1 heterocycles. The molecule has 1 aromatic heterocycles. The van der Waals surface area contributed by atoms with Gasteiger partial charge in [-0.1, -0.05) is 24.0 Å². The summed E-state index contributed by atoms with van der Waals surface area (Å²) in [6.45, 7) is 0.284. The summed E-state index contributed by atoms with van der Waals surface area (Å²) in [5.41, 5.74) is 6.99. The largest absolute Gasteiger partial charge is 0.344 e. The third-order valence-corrected chi connectivity index (χ3v) is 2.43. The third kappa shape index (κ3) is 2.84. The molecule has 0 atom stereocenters. The molecule has 2 rings (SSSR count). The molecule has 90 valence electrons. The molecule has 1 aromatic carbocycles. The zero-order valence-corrected chi connectivity index (χ0v) is 9.81. The summed E-state index contributed by atoms with van der Waals surface area (Å²) in [7, 11) is 0. The van der Waals surface area contributed by atoms with Gasteiger partial charge in [-0.2, -0.15) is 0 Å². The molecule has 0 aliphatic rings. The van der Waals surface area contributed by atoms with Gasteiger partial charge in [0, 0.05) is 17.1 Å². The van der Waals surface area contributed by atoms with E-state index < -0.39 is 0 Å². The Morgan fingerprint density at radius 1 is 1.33 bits per heavy atom. The van der Waals surface area contributed by atoms with Crippen LogP contribution in [-0.2, 0) is 4.79 Å². The van der Waals surface area contributed by atoms with Crippen molar-refractivity contribution in [3.05, 3.63) is 42.1 Å². The molecule has 0 aliphatic carbocycles. The number of nitrogens with zero attached hydrogens (tertiary/aromatic N) is 1. The van der Waals surface area contributed by atoms with Crippen LogP contribution in [0.4, 0.5) is 0 Å². The molecular formula is C14H13N3O. The van der Waals surface area contributed by atoms with E-state index in [1.807, 2.05) is 30.3 Å². The highest BCUT2D eigenvalue weighted by molar-refractivity contribution is 5.84. The van der Waals surface area contributed by atoms with Crippen LogP contribution in [0, 0.1) is 11.8 Å². The summed E-state index contributed by atoms with van der Waals surface area (Å²) >= 11 is 0. The number of fused-ring (bicyclic) bond motifs is 1. The van der Waals surface area contributed by atoms with Crippen molar-refractivity contribution in [3.8, 4) is 11.8 Å². The van der Waals surface area contributed by atoms with Crippen molar-refractivity contribution in [2.24, 2.45) is 5.73 Å². The van der Waals surface area contributed by atoms with Crippen LogP contribution in [0.15, 0.2) is 36.5 Å². The van der Waals surface area contributed by atoms with E-state index in [0.717, 1.165) is 16.5 Å². The number of nitrogens with two attached hydrogens (primary N) is 1. The van der Waals surface area contributed by atoms with Gasteiger partial charge in [0.05, 0.1) is 18.6 Å². The maximum Gasteiger partial charge on any atom is 0.234 e. The van der Waals surface area contributed by atoms with Crippen LogP contribution >= 0.6 is 0 Å². The van der Waals surface area contributed by atoms with E-state index in [4.69, 9.17) is 5.73 Å². The number of aromatic nitrogens is 1. The Morgan fingerprint density at radius 3 is 3.06 bits per heavy atom. The maximum atomic E-state index is 10.9.